The Labute approximate surface area is 103 Å². The molecule has 2 aliphatic heterocycles. The van der Waals surface area contributed by atoms with Crippen molar-refractivity contribution in [3.63, 3.8) is 0 Å². The maximum Gasteiger partial charge on any atom is 0.223 e. The van der Waals surface area contributed by atoms with Gasteiger partial charge in [-0.25, -0.2) is 12.7 Å². The Morgan fingerprint density at radius 1 is 1.00 bits per heavy atom. The summed E-state index contributed by atoms with van der Waals surface area (Å²) >= 11 is 0. The highest BCUT2D eigenvalue weighted by atomic mass is 32.2. The quantitative estimate of drug-likeness (QED) is 0.739. The van der Waals surface area contributed by atoms with Gasteiger partial charge in [-0.3, -0.25) is 4.79 Å². The minimum atomic E-state index is -3.08. The predicted octanol–water partition coefficient (Wildman–Crippen LogP) is 0.425. The van der Waals surface area contributed by atoms with E-state index in [0.717, 1.165) is 38.8 Å². The van der Waals surface area contributed by atoms with Gasteiger partial charge in [0.15, 0.2) is 0 Å². The monoisotopic (exact) mass is 260 g/mol. The Hall–Kier alpha value is -0.620. The first-order valence-electron chi connectivity index (χ1n) is 6.35. The van der Waals surface area contributed by atoms with Gasteiger partial charge in [0.05, 0.1) is 5.75 Å². The molecule has 0 atom stereocenters. The molecule has 0 aromatic rings. The van der Waals surface area contributed by atoms with Gasteiger partial charge in [0.25, 0.3) is 0 Å². The third-order valence-corrected chi connectivity index (χ3v) is 5.44. The normalized spacial score (nSPS) is 25.1. The van der Waals surface area contributed by atoms with Gasteiger partial charge >= 0.3 is 0 Å². The SMILES string of the molecule is O=C(CCN1CCCCS1(=O)=O)N1CCCC1. The number of hydrogen-bond acceptors (Lipinski definition) is 3. The summed E-state index contributed by atoms with van der Waals surface area (Å²) in [7, 11) is -3.08. The maximum absolute atomic E-state index is 11.8. The van der Waals surface area contributed by atoms with Crippen LogP contribution in [0.15, 0.2) is 0 Å². The van der Waals surface area contributed by atoms with Crippen LogP contribution in [0.4, 0.5) is 0 Å². The molecule has 2 saturated heterocycles. The lowest BCUT2D eigenvalue weighted by atomic mass is 10.3. The van der Waals surface area contributed by atoms with E-state index in [4.69, 9.17) is 0 Å². The second-order valence-electron chi connectivity index (χ2n) is 4.76. The molecule has 0 bridgehead atoms. The van der Waals surface area contributed by atoms with E-state index < -0.39 is 10.0 Å². The van der Waals surface area contributed by atoms with E-state index in [1.54, 1.807) is 0 Å². The maximum atomic E-state index is 11.8. The first-order valence-corrected chi connectivity index (χ1v) is 7.96. The van der Waals surface area contributed by atoms with E-state index in [9.17, 15) is 13.2 Å². The van der Waals surface area contributed by atoms with Crippen molar-refractivity contribution in [3.05, 3.63) is 0 Å². The van der Waals surface area contributed by atoms with Crippen molar-refractivity contribution in [3.8, 4) is 0 Å². The zero-order chi connectivity index (χ0) is 12.3. The van der Waals surface area contributed by atoms with Crippen LogP contribution in [-0.4, -0.2) is 55.5 Å². The number of rotatable bonds is 3. The van der Waals surface area contributed by atoms with Gasteiger partial charge in [0.1, 0.15) is 0 Å². The van der Waals surface area contributed by atoms with Crippen LogP contribution in [0.2, 0.25) is 0 Å². The van der Waals surface area contributed by atoms with Crippen LogP contribution in [0.3, 0.4) is 0 Å². The molecule has 0 saturated carbocycles. The zero-order valence-electron chi connectivity index (χ0n) is 10.1. The number of carbonyl (C=O) groups is 1. The van der Waals surface area contributed by atoms with Gasteiger partial charge in [-0.15, -0.1) is 0 Å². The third-order valence-electron chi connectivity index (χ3n) is 3.49. The first kappa shape index (κ1) is 12.8. The Balaban J connectivity index is 1.82. The van der Waals surface area contributed by atoms with Crippen molar-refractivity contribution in [2.75, 3.05) is 31.9 Å². The minimum absolute atomic E-state index is 0.100. The van der Waals surface area contributed by atoms with Crippen molar-refractivity contribution in [1.82, 2.24) is 9.21 Å². The molecule has 17 heavy (non-hydrogen) atoms. The van der Waals surface area contributed by atoms with Gasteiger partial charge < -0.3 is 4.90 Å². The summed E-state index contributed by atoms with van der Waals surface area (Å²) in [6.07, 6.45) is 4.15. The summed E-state index contributed by atoms with van der Waals surface area (Å²) in [5.74, 6) is 0.341. The smallest absolute Gasteiger partial charge is 0.223 e. The molecule has 5 nitrogen and oxygen atoms in total. The molecule has 0 aliphatic carbocycles. The lowest BCUT2D eigenvalue weighted by Gasteiger charge is -2.26. The summed E-state index contributed by atoms with van der Waals surface area (Å²) in [6, 6.07) is 0. The number of amides is 1. The Morgan fingerprint density at radius 2 is 1.65 bits per heavy atom. The molecule has 0 aromatic carbocycles. The van der Waals surface area contributed by atoms with Crippen LogP contribution in [0, 0.1) is 0 Å². The number of likely N-dealkylation sites (tertiary alicyclic amines) is 1. The molecule has 0 radical (unpaired) electrons. The minimum Gasteiger partial charge on any atom is -0.343 e. The van der Waals surface area contributed by atoms with E-state index in [1.807, 2.05) is 4.90 Å². The summed E-state index contributed by atoms with van der Waals surface area (Å²) < 4.78 is 24.9. The van der Waals surface area contributed by atoms with Gasteiger partial charge in [-0.05, 0) is 25.7 Å². The summed E-state index contributed by atoms with van der Waals surface area (Å²) in [5, 5.41) is 0. The van der Waals surface area contributed by atoms with Crippen molar-refractivity contribution in [1.29, 1.82) is 0 Å². The molecule has 0 unspecified atom stereocenters. The fraction of sp³-hybridized carbons (Fsp3) is 0.909. The first-order chi connectivity index (χ1) is 8.09. The molecule has 2 heterocycles. The lowest BCUT2D eigenvalue weighted by molar-refractivity contribution is -0.130. The Morgan fingerprint density at radius 3 is 2.29 bits per heavy atom. The van der Waals surface area contributed by atoms with Crippen LogP contribution in [-0.2, 0) is 14.8 Å². The third kappa shape index (κ3) is 3.19. The standard InChI is InChI=1S/C11H20N2O3S/c14-11(12-6-1-2-7-12)5-9-13-8-3-4-10-17(13,15)16/h1-10H2. The molecule has 2 rings (SSSR count). The van der Waals surface area contributed by atoms with Crippen LogP contribution < -0.4 is 0 Å². The lowest BCUT2D eigenvalue weighted by Crippen LogP contribution is -2.40. The van der Waals surface area contributed by atoms with Crippen molar-refractivity contribution in [2.24, 2.45) is 0 Å². The van der Waals surface area contributed by atoms with Crippen LogP contribution >= 0.6 is 0 Å². The Bertz CT molecular complexity index is 374. The average Bonchev–Trinajstić information content (AvgIpc) is 2.80. The molecular formula is C11H20N2O3S. The summed E-state index contributed by atoms with van der Waals surface area (Å²) in [6.45, 7) is 2.62. The van der Waals surface area contributed by atoms with Crippen LogP contribution in [0.25, 0.3) is 0 Å². The van der Waals surface area contributed by atoms with Gasteiger partial charge in [-0.1, -0.05) is 0 Å². The van der Waals surface area contributed by atoms with E-state index in [2.05, 4.69) is 0 Å². The number of sulfonamides is 1. The predicted molar refractivity (Wildman–Crippen MR) is 65.0 cm³/mol. The van der Waals surface area contributed by atoms with Gasteiger partial charge in [0.2, 0.25) is 15.9 Å². The van der Waals surface area contributed by atoms with Gasteiger partial charge in [-0.2, -0.15) is 0 Å². The van der Waals surface area contributed by atoms with Gasteiger partial charge in [0, 0.05) is 32.6 Å². The number of nitrogens with zero attached hydrogens (tertiary/aromatic N) is 2. The van der Waals surface area contributed by atoms with E-state index in [0.29, 0.717) is 19.5 Å². The van der Waals surface area contributed by atoms with Crippen LogP contribution in [0.5, 0.6) is 0 Å². The molecule has 2 fully saturated rings. The number of carbonyl (C=O) groups excluding carboxylic acids is 1. The average molecular weight is 260 g/mol. The van der Waals surface area contributed by atoms with E-state index >= 15 is 0 Å². The molecular weight excluding hydrogens is 240 g/mol. The highest BCUT2D eigenvalue weighted by molar-refractivity contribution is 7.89. The van der Waals surface area contributed by atoms with Crippen molar-refractivity contribution < 1.29 is 13.2 Å². The van der Waals surface area contributed by atoms with E-state index in [1.165, 1.54) is 4.31 Å². The zero-order valence-corrected chi connectivity index (χ0v) is 10.9. The van der Waals surface area contributed by atoms with Crippen LogP contribution in [0.1, 0.15) is 32.1 Å². The molecule has 0 aromatic heterocycles. The fourth-order valence-corrected chi connectivity index (χ4v) is 4.04. The summed E-state index contributed by atoms with van der Waals surface area (Å²) in [5.41, 5.74) is 0. The number of hydrogen-bond donors (Lipinski definition) is 0. The van der Waals surface area contributed by atoms with Crippen molar-refractivity contribution in [2.45, 2.75) is 32.1 Å². The fourth-order valence-electron chi connectivity index (χ4n) is 2.44. The topological polar surface area (TPSA) is 57.7 Å². The van der Waals surface area contributed by atoms with E-state index in [-0.39, 0.29) is 11.7 Å². The molecule has 2 aliphatic rings. The Kier molecular flexibility index (Phi) is 4.04. The highest BCUT2D eigenvalue weighted by Gasteiger charge is 2.27. The van der Waals surface area contributed by atoms with Crippen molar-refractivity contribution >= 4 is 15.9 Å². The molecule has 6 heteroatoms. The second-order valence-corrected chi connectivity index (χ2v) is 6.85. The molecule has 0 spiro atoms. The molecule has 0 N–H and O–H groups in total. The summed E-state index contributed by atoms with van der Waals surface area (Å²) in [4.78, 5) is 13.6. The highest BCUT2D eigenvalue weighted by Crippen LogP contribution is 2.15. The molecule has 1 amide bonds. The second kappa shape index (κ2) is 5.35. The largest absolute Gasteiger partial charge is 0.343 e. The molecule has 98 valence electrons.